The number of benzene rings is 2. The number of hydrogen-bond acceptors (Lipinski definition) is 4. The van der Waals surface area contributed by atoms with Crippen molar-refractivity contribution in [3.63, 3.8) is 0 Å². The molecule has 4 nitrogen and oxygen atoms in total. The predicted molar refractivity (Wildman–Crippen MR) is 142 cm³/mol. The van der Waals surface area contributed by atoms with Crippen molar-refractivity contribution in [2.45, 2.75) is 104 Å². The summed E-state index contributed by atoms with van der Waals surface area (Å²) in [6.45, 7) is 6.77. The van der Waals surface area contributed by atoms with Gasteiger partial charge >= 0.3 is 11.9 Å². The van der Waals surface area contributed by atoms with Crippen LogP contribution < -0.4 is 0 Å². The number of hydrogen-bond donors (Lipinski definition) is 0. The van der Waals surface area contributed by atoms with Gasteiger partial charge in [0.1, 0.15) is 0 Å². The molecule has 0 amide bonds. The Kier molecular flexibility index (Phi) is 13.2. The van der Waals surface area contributed by atoms with E-state index in [1.54, 1.807) is 48.5 Å². The van der Waals surface area contributed by atoms with Gasteiger partial charge in [-0.25, -0.2) is 9.59 Å². The third kappa shape index (κ3) is 10.3. The van der Waals surface area contributed by atoms with E-state index in [0.29, 0.717) is 23.0 Å². The standard InChI is InChI=1S/C31H44O4/c1-4-7-22-31(23-8-5-2,24-9-6-3)25-16-21-28(34-29(32)26-17-12-10-13-18-26)35-30(33)27-19-14-11-15-20-27/h10-15,17-20,28H,4-9,16,21-25H2,1-3H3. The maximum absolute atomic E-state index is 12.7. The van der Waals surface area contributed by atoms with Gasteiger partial charge in [-0.15, -0.1) is 0 Å². The van der Waals surface area contributed by atoms with Crippen LogP contribution in [0.25, 0.3) is 0 Å². The van der Waals surface area contributed by atoms with E-state index < -0.39 is 18.2 Å². The van der Waals surface area contributed by atoms with E-state index >= 15 is 0 Å². The van der Waals surface area contributed by atoms with E-state index in [9.17, 15) is 9.59 Å². The molecule has 0 aliphatic rings. The molecule has 0 radical (unpaired) electrons. The van der Waals surface area contributed by atoms with Crippen molar-refractivity contribution in [3.05, 3.63) is 71.8 Å². The smallest absolute Gasteiger partial charge is 0.341 e. The molecule has 0 fully saturated rings. The SMILES string of the molecule is CCCCC(CCCC)(CCCC)CCCC(OC(=O)c1ccccc1)OC(=O)c1ccccc1. The molecule has 0 bridgehead atoms. The molecule has 0 saturated carbocycles. The predicted octanol–water partition coefficient (Wildman–Crippen LogP) is 8.75. The van der Waals surface area contributed by atoms with Crippen LogP contribution in [0.2, 0.25) is 0 Å². The summed E-state index contributed by atoms with van der Waals surface area (Å²) in [4.78, 5) is 25.5. The lowest BCUT2D eigenvalue weighted by atomic mass is 9.71. The fourth-order valence-electron chi connectivity index (χ4n) is 4.71. The molecule has 2 aromatic rings. The summed E-state index contributed by atoms with van der Waals surface area (Å²) < 4.78 is 11.4. The zero-order chi connectivity index (χ0) is 25.4. The highest BCUT2D eigenvalue weighted by atomic mass is 16.7. The minimum absolute atomic E-state index is 0.319. The Morgan fingerprint density at radius 2 is 1.00 bits per heavy atom. The van der Waals surface area contributed by atoms with E-state index in [4.69, 9.17) is 9.47 Å². The monoisotopic (exact) mass is 480 g/mol. The molecule has 4 heteroatoms. The zero-order valence-corrected chi connectivity index (χ0v) is 22.0. The van der Waals surface area contributed by atoms with Gasteiger partial charge in [-0.1, -0.05) is 95.7 Å². The van der Waals surface area contributed by atoms with Crippen LogP contribution in [0.3, 0.4) is 0 Å². The van der Waals surface area contributed by atoms with Crippen molar-refractivity contribution in [1.82, 2.24) is 0 Å². The van der Waals surface area contributed by atoms with Crippen LogP contribution >= 0.6 is 0 Å². The molecule has 192 valence electrons. The molecule has 0 aliphatic heterocycles. The molecule has 2 rings (SSSR count). The second-order valence-corrected chi connectivity index (χ2v) is 9.68. The van der Waals surface area contributed by atoms with E-state index in [1.807, 2.05) is 12.1 Å². The number of carbonyl (C=O) groups excluding carboxylic acids is 2. The van der Waals surface area contributed by atoms with E-state index in [1.165, 1.54) is 57.8 Å². The second kappa shape index (κ2) is 16.1. The number of esters is 2. The number of unbranched alkanes of at least 4 members (excludes halogenated alkanes) is 3. The lowest BCUT2D eigenvalue weighted by Crippen LogP contribution is -2.26. The van der Waals surface area contributed by atoms with Crippen LogP contribution in [-0.4, -0.2) is 18.2 Å². The largest absolute Gasteiger partial charge is 0.422 e. The fourth-order valence-corrected chi connectivity index (χ4v) is 4.71. The summed E-state index contributed by atoms with van der Waals surface area (Å²) in [5, 5.41) is 0. The Balaban J connectivity index is 2.11. The Hall–Kier alpha value is -2.62. The number of ether oxygens (including phenoxy) is 2. The highest BCUT2D eigenvalue weighted by Crippen LogP contribution is 2.41. The first kappa shape index (κ1) is 28.6. The van der Waals surface area contributed by atoms with Gasteiger partial charge in [0.05, 0.1) is 11.1 Å². The summed E-state index contributed by atoms with van der Waals surface area (Å²) in [6.07, 6.45) is 12.5. The van der Waals surface area contributed by atoms with Gasteiger partial charge in [0, 0.05) is 6.42 Å². The van der Waals surface area contributed by atoms with Gasteiger partial charge in [0.2, 0.25) is 6.29 Å². The molecule has 2 aromatic carbocycles. The van der Waals surface area contributed by atoms with Crippen molar-refractivity contribution in [2.24, 2.45) is 5.41 Å². The molecular formula is C31H44O4. The zero-order valence-electron chi connectivity index (χ0n) is 22.0. The molecule has 0 spiro atoms. The topological polar surface area (TPSA) is 52.6 Å². The normalized spacial score (nSPS) is 11.4. The molecule has 0 aliphatic carbocycles. The first-order chi connectivity index (χ1) is 17.0. The number of carbonyl (C=O) groups is 2. The fraction of sp³-hybridized carbons (Fsp3) is 0.548. The lowest BCUT2D eigenvalue weighted by molar-refractivity contribution is -0.0848. The Morgan fingerprint density at radius 1 is 0.629 bits per heavy atom. The third-order valence-electron chi connectivity index (χ3n) is 6.82. The Bertz CT molecular complexity index is 772. The molecule has 0 unspecified atom stereocenters. The van der Waals surface area contributed by atoms with Crippen molar-refractivity contribution in [1.29, 1.82) is 0 Å². The van der Waals surface area contributed by atoms with Gasteiger partial charge in [0.25, 0.3) is 0 Å². The van der Waals surface area contributed by atoms with E-state index in [0.717, 1.165) is 12.8 Å². The van der Waals surface area contributed by atoms with E-state index in [2.05, 4.69) is 20.8 Å². The molecule has 0 N–H and O–H groups in total. The minimum atomic E-state index is -0.906. The van der Waals surface area contributed by atoms with Gasteiger partial charge in [-0.2, -0.15) is 0 Å². The van der Waals surface area contributed by atoms with Crippen LogP contribution in [-0.2, 0) is 9.47 Å². The summed E-state index contributed by atoms with van der Waals surface area (Å²) in [5.41, 5.74) is 1.23. The summed E-state index contributed by atoms with van der Waals surface area (Å²) in [6, 6.07) is 17.7. The van der Waals surface area contributed by atoms with Crippen molar-refractivity contribution in [3.8, 4) is 0 Å². The third-order valence-corrected chi connectivity index (χ3v) is 6.82. The van der Waals surface area contributed by atoms with Gasteiger partial charge in [-0.3, -0.25) is 0 Å². The van der Waals surface area contributed by atoms with Crippen molar-refractivity contribution >= 4 is 11.9 Å². The molecule has 0 aromatic heterocycles. The highest BCUT2D eigenvalue weighted by Gasteiger charge is 2.29. The van der Waals surface area contributed by atoms with E-state index in [-0.39, 0.29) is 0 Å². The molecule has 0 atom stereocenters. The summed E-state index contributed by atoms with van der Waals surface area (Å²) in [7, 11) is 0. The summed E-state index contributed by atoms with van der Waals surface area (Å²) >= 11 is 0. The lowest BCUT2D eigenvalue weighted by Gasteiger charge is -2.35. The number of rotatable bonds is 17. The van der Waals surface area contributed by atoms with Crippen LogP contribution in [0.4, 0.5) is 0 Å². The average molecular weight is 481 g/mol. The molecular weight excluding hydrogens is 436 g/mol. The van der Waals surface area contributed by atoms with Crippen molar-refractivity contribution in [2.75, 3.05) is 0 Å². The maximum Gasteiger partial charge on any atom is 0.341 e. The Labute approximate surface area is 212 Å². The molecule has 0 heterocycles. The quantitative estimate of drug-likeness (QED) is 0.168. The average Bonchev–Trinajstić information content (AvgIpc) is 2.90. The Morgan fingerprint density at radius 3 is 1.37 bits per heavy atom. The molecule has 0 saturated heterocycles. The second-order valence-electron chi connectivity index (χ2n) is 9.68. The van der Waals surface area contributed by atoms with Crippen LogP contribution in [0.5, 0.6) is 0 Å². The summed E-state index contributed by atoms with van der Waals surface area (Å²) in [5.74, 6) is -0.934. The van der Waals surface area contributed by atoms with Crippen molar-refractivity contribution < 1.29 is 19.1 Å². The van der Waals surface area contributed by atoms with Crippen LogP contribution in [0, 0.1) is 5.41 Å². The maximum atomic E-state index is 12.7. The first-order valence-corrected chi connectivity index (χ1v) is 13.6. The molecule has 35 heavy (non-hydrogen) atoms. The highest BCUT2D eigenvalue weighted by molar-refractivity contribution is 5.90. The first-order valence-electron chi connectivity index (χ1n) is 13.6. The van der Waals surface area contributed by atoms with Gasteiger partial charge < -0.3 is 9.47 Å². The van der Waals surface area contributed by atoms with Gasteiger partial charge in [0.15, 0.2) is 0 Å². The minimum Gasteiger partial charge on any atom is -0.422 e. The van der Waals surface area contributed by atoms with Gasteiger partial charge in [-0.05, 0) is 61.8 Å². The van der Waals surface area contributed by atoms with Crippen LogP contribution in [0.1, 0.15) is 119 Å². The van der Waals surface area contributed by atoms with Crippen LogP contribution in [0.15, 0.2) is 60.7 Å².